The van der Waals surface area contributed by atoms with E-state index in [4.69, 9.17) is 0 Å². The van der Waals surface area contributed by atoms with Crippen molar-refractivity contribution in [1.82, 2.24) is 18.3 Å². The minimum atomic E-state index is -0.773. The number of imidazole rings is 1. The number of hydrogen-bond donors (Lipinski definition) is 1. The Kier molecular flexibility index (Phi) is 4.30. The Morgan fingerprint density at radius 1 is 0.821 bits per heavy atom. The van der Waals surface area contributed by atoms with Crippen LogP contribution in [-0.4, -0.2) is 28.3 Å². The number of benzene rings is 1. The van der Waals surface area contributed by atoms with Gasteiger partial charge in [0.25, 0.3) is 11.2 Å². The summed E-state index contributed by atoms with van der Waals surface area (Å²) in [5.41, 5.74) is -1.53. The Balaban J connectivity index is 2.45. The van der Waals surface area contributed by atoms with E-state index in [2.05, 4.69) is 0 Å². The van der Waals surface area contributed by atoms with Crippen LogP contribution >= 0.6 is 0 Å². The molecule has 0 spiro atoms. The molecule has 1 aromatic carbocycles. The lowest BCUT2D eigenvalue weighted by Gasteiger charge is -2.13. The van der Waals surface area contributed by atoms with Gasteiger partial charge >= 0.3 is 11.4 Å². The summed E-state index contributed by atoms with van der Waals surface area (Å²) >= 11 is 0. The molecule has 0 unspecified atom stereocenters. The van der Waals surface area contributed by atoms with Gasteiger partial charge in [0.1, 0.15) is 5.56 Å². The van der Waals surface area contributed by atoms with Crippen LogP contribution in [0.3, 0.4) is 0 Å². The summed E-state index contributed by atoms with van der Waals surface area (Å²) in [6.45, 7) is 0. The van der Waals surface area contributed by atoms with Gasteiger partial charge in [-0.3, -0.25) is 33.2 Å². The summed E-state index contributed by atoms with van der Waals surface area (Å²) in [6, 6.07) is 5.43. The zero-order valence-electron chi connectivity index (χ0n) is 15.5. The Bertz CT molecular complexity index is 1290. The summed E-state index contributed by atoms with van der Waals surface area (Å²) in [5, 5.41) is 21.4. The number of hydrogen-bond acceptors (Lipinski definition) is 6. The largest absolute Gasteiger partial charge is 0.494 e. The van der Waals surface area contributed by atoms with Crippen molar-refractivity contribution in [2.24, 2.45) is 28.2 Å². The highest BCUT2D eigenvalue weighted by atomic mass is 16.6. The second-order valence-electron chi connectivity index (χ2n) is 6.31. The molecule has 0 bridgehead atoms. The normalized spacial score (nSPS) is 11.0. The lowest BCUT2D eigenvalue weighted by Crippen LogP contribution is -2.38. The maximum Gasteiger partial charge on any atom is 0.333 e. The van der Waals surface area contributed by atoms with Crippen molar-refractivity contribution in [2.75, 3.05) is 0 Å². The number of nitrogens with zero attached hydrogens (tertiary/aromatic N) is 5. The van der Waals surface area contributed by atoms with Crippen LogP contribution in [0.4, 0.5) is 5.69 Å². The van der Waals surface area contributed by atoms with E-state index >= 15 is 0 Å². The third kappa shape index (κ3) is 2.55. The predicted octanol–water partition coefficient (Wildman–Crippen LogP) is 0.0690. The van der Waals surface area contributed by atoms with E-state index in [1.165, 1.54) is 61.6 Å². The molecule has 0 aliphatic carbocycles. The van der Waals surface area contributed by atoms with E-state index < -0.39 is 27.7 Å². The van der Waals surface area contributed by atoms with Crippen LogP contribution in [0.15, 0.2) is 38.6 Å². The third-order valence-corrected chi connectivity index (χ3v) is 4.69. The number of nitro groups is 1. The molecular weight excluding hydrogens is 370 g/mol. The van der Waals surface area contributed by atoms with Crippen molar-refractivity contribution in [2.45, 2.75) is 0 Å². The smallest absolute Gasteiger partial charge is 0.333 e. The minimum absolute atomic E-state index is 0.0926. The molecule has 0 aliphatic rings. The predicted molar refractivity (Wildman–Crippen MR) is 100 cm³/mol. The average molecular weight is 387 g/mol. The number of rotatable bonds is 3. The van der Waals surface area contributed by atoms with Crippen LogP contribution < -0.4 is 16.9 Å². The lowest BCUT2D eigenvalue weighted by molar-refractivity contribution is -0.384. The topological polar surface area (TPSA) is 134 Å². The first-order valence-corrected chi connectivity index (χ1v) is 8.07. The highest BCUT2D eigenvalue weighted by molar-refractivity contribution is 5.81. The maximum absolute atomic E-state index is 12.7. The van der Waals surface area contributed by atoms with Gasteiger partial charge in [-0.15, -0.1) is 0 Å². The fourth-order valence-corrected chi connectivity index (χ4v) is 3.13. The van der Waals surface area contributed by atoms with Gasteiger partial charge in [0.2, 0.25) is 5.88 Å². The Labute approximate surface area is 157 Å². The summed E-state index contributed by atoms with van der Waals surface area (Å²) in [7, 11) is 5.47. The molecule has 11 heteroatoms. The van der Waals surface area contributed by atoms with Crippen molar-refractivity contribution in [3.63, 3.8) is 0 Å². The summed E-state index contributed by atoms with van der Waals surface area (Å²) in [5.74, 6) is -0.586. The van der Waals surface area contributed by atoms with Crippen LogP contribution in [0.2, 0.25) is 0 Å². The lowest BCUT2D eigenvalue weighted by atomic mass is 10.1. The molecule has 2 heterocycles. The Hall–Kier alpha value is -3.89. The second kappa shape index (κ2) is 6.37. The van der Waals surface area contributed by atoms with Crippen LogP contribution in [0, 0.1) is 10.1 Å². The standard InChI is InChI=1S/C17H17N5O6/c1-18-12(9-5-7-10(8-6-9)22(27)28)13(19(2)16(18)25)11-14(23)20(3)17(26)21(4)15(11)24/h5-8,23H,1-4H3. The van der Waals surface area contributed by atoms with Gasteiger partial charge in [-0.2, -0.15) is 0 Å². The fourth-order valence-electron chi connectivity index (χ4n) is 3.13. The van der Waals surface area contributed by atoms with Crippen LogP contribution in [0.5, 0.6) is 5.88 Å². The summed E-state index contributed by atoms with van der Waals surface area (Å²) < 4.78 is 4.16. The molecule has 28 heavy (non-hydrogen) atoms. The highest BCUT2D eigenvalue weighted by Crippen LogP contribution is 2.33. The molecule has 2 aromatic heterocycles. The van der Waals surface area contributed by atoms with Crippen molar-refractivity contribution >= 4 is 5.69 Å². The van der Waals surface area contributed by atoms with E-state index in [0.717, 1.165) is 9.13 Å². The molecular formula is C17H17N5O6. The van der Waals surface area contributed by atoms with Crippen molar-refractivity contribution in [3.8, 4) is 28.4 Å². The first kappa shape index (κ1) is 18.9. The molecule has 0 atom stereocenters. The first-order chi connectivity index (χ1) is 13.1. The molecule has 1 N–H and O–H groups in total. The van der Waals surface area contributed by atoms with E-state index in [1.807, 2.05) is 0 Å². The first-order valence-electron chi connectivity index (χ1n) is 8.07. The number of nitro benzene ring substituents is 1. The number of aromatic nitrogens is 4. The van der Waals surface area contributed by atoms with Gasteiger partial charge in [0.05, 0.1) is 16.3 Å². The van der Waals surface area contributed by atoms with Gasteiger partial charge in [-0.25, -0.2) is 9.59 Å². The van der Waals surface area contributed by atoms with E-state index in [0.29, 0.717) is 5.56 Å². The molecule has 3 aromatic rings. The van der Waals surface area contributed by atoms with Gasteiger partial charge < -0.3 is 5.11 Å². The molecule has 3 rings (SSSR count). The van der Waals surface area contributed by atoms with Crippen LogP contribution in [0.1, 0.15) is 0 Å². The molecule has 0 saturated carbocycles. The van der Waals surface area contributed by atoms with E-state index in [1.54, 1.807) is 0 Å². The van der Waals surface area contributed by atoms with Crippen molar-refractivity contribution < 1.29 is 10.0 Å². The summed E-state index contributed by atoms with van der Waals surface area (Å²) in [6.07, 6.45) is 0. The average Bonchev–Trinajstić information content (AvgIpc) is 2.89. The fraction of sp³-hybridized carbons (Fsp3) is 0.235. The number of non-ortho nitro benzene ring substituents is 1. The third-order valence-electron chi connectivity index (χ3n) is 4.69. The van der Waals surface area contributed by atoms with E-state index in [-0.39, 0.29) is 22.6 Å². The molecule has 0 radical (unpaired) electrons. The maximum atomic E-state index is 12.7. The zero-order valence-corrected chi connectivity index (χ0v) is 15.5. The summed E-state index contributed by atoms with van der Waals surface area (Å²) in [4.78, 5) is 47.7. The van der Waals surface area contributed by atoms with Crippen LogP contribution in [0.25, 0.3) is 22.5 Å². The molecule has 11 nitrogen and oxygen atoms in total. The van der Waals surface area contributed by atoms with Gasteiger partial charge in [-0.05, 0) is 12.1 Å². The highest BCUT2D eigenvalue weighted by Gasteiger charge is 2.26. The van der Waals surface area contributed by atoms with Crippen LogP contribution in [-0.2, 0) is 28.2 Å². The van der Waals surface area contributed by atoms with Crippen molar-refractivity contribution in [1.29, 1.82) is 0 Å². The molecule has 0 aliphatic heterocycles. The van der Waals surface area contributed by atoms with Gasteiger partial charge in [0.15, 0.2) is 0 Å². The van der Waals surface area contributed by atoms with E-state index in [9.17, 15) is 29.6 Å². The molecule has 0 fully saturated rings. The second-order valence-corrected chi connectivity index (χ2v) is 6.31. The zero-order chi connectivity index (χ0) is 20.9. The quantitative estimate of drug-likeness (QED) is 0.499. The molecule has 0 saturated heterocycles. The number of aromatic hydroxyl groups is 1. The SMILES string of the molecule is Cn1c(-c2ccc([N+](=O)[O-])cc2)c(-c2c(O)n(C)c(=O)n(C)c2=O)n(C)c1=O. The van der Waals surface area contributed by atoms with Gasteiger partial charge in [-0.1, -0.05) is 0 Å². The molecule has 146 valence electrons. The monoisotopic (exact) mass is 387 g/mol. The molecule has 0 amide bonds. The Morgan fingerprint density at radius 3 is 1.86 bits per heavy atom. The van der Waals surface area contributed by atoms with Crippen molar-refractivity contribution in [3.05, 3.63) is 65.7 Å². The van der Waals surface area contributed by atoms with Gasteiger partial charge in [0, 0.05) is 45.9 Å². The Morgan fingerprint density at radius 2 is 1.32 bits per heavy atom. The minimum Gasteiger partial charge on any atom is -0.494 e.